The number of hydrogen-bond acceptors (Lipinski definition) is 2. The fraction of sp³-hybridized carbons (Fsp3) is 1.00. The highest BCUT2D eigenvalue weighted by molar-refractivity contribution is 4.93. The van der Waals surface area contributed by atoms with Gasteiger partial charge in [-0.2, -0.15) is 0 Å². The topological polar surface area (TPSA) is 29.5 Å². The Morgan fingerprint density at radius 2 is 1.90 bits per heavy atom. The molecule has 1 saturated carbocycles. The first-order chi connectivity index (χ1) is 4.41. The molecule has 1 fully saturated rings. The molecular weight excluding hydrogens is 128 g/mol. The summed E-state index contributed by atoms with van der Waals surface area (Å²) in [7, 11) is 0. The lowest BCUT2D eigenvalue weighted by Crippen LogP contribution is -2.26. The second kappa shape index (κ2) is 2.21. The zero-order valence-electron chi connectivity index (χ0n) is 6.98. The van der Waals surface area contributed by atoms with Crippen LogP contribution in [0.1, 0.15) is 33.6 Å². The molecule has 0 aliphatic heterocycles. The Morgan fingerprint density at radius 3 is 2.20 bits per heavy atom. The second-order valence-electron chi connectivity index (χ2n) is 4.13. The summed E-state index contributed by atoms with van der Waals surface area (Å²) in [5.41, 5.74) is -0.578. The van der Waals surface area contributed by atoms with Crippen LogP contribution >= 0.6 is 0 Å². The Balaban J connectivity index is 2.17. The summed E-state index contributed by atoms with van der Waals surface area (Å²) >= 11 is 0. The van der Waals surface area contributed by atoms with Crippen LogP contribution in [0, 0.1) is 0 Å². The van der Waals surface area contributed by atoms with Crippen LogP contribution in [0.3, 0.4) is 0 Å². The quantitative estimate of drug-likeness (QED) is 0.633. The zero-order valence-corrected chi connectivity index (χ0v) is 6.98. The summed E-state index contributed by atoms with van der Waals surface area (Å²) in [4.78, 5) is 0. The van der Waals surface area contributed by atoms with Gasteiger partial charge in [0.25, 0.3) is 0 Å². The Bertz CT molecular complexity index is 114. The van der Waals surface area contributed by atoms with Crippen LogP contribution in [0.5, 0.6) is 0 Å². The van der Waals surface area contributed by atoms with Crippen molar-refractivity contribution in [2.75, 3.05) is 6.61 Å². The van der Waals surface area contributed by atoms with Crippen LogP contribution in [0.2, 0.25) is 0 Å². The molecule has 1 aliphatic carbocycles. The van der Waals surface area contributed by atoms with Gasteiger partial charge < -0.3 is 9.84 Å². The number of aliphatic hydroxyl groups is 1. The Morgan fingerprint density at radius 1 is 1.40 bits per heavy atom. The Hall–Kier alpha value is -0.0800. The monoisotopic (exact) mass is 144 g/mol. The first-order valence-corrected chi connectivity index (χ1v) is 3.78. The van der Waals surface area contributed by atoms with E-state index in [4.69, 9.17) is 4.74 Å². The molecule has 2 nitrogen and oxygen atoms in total. The summed E-state index contributed by atoms with van der Waals surface area (Å²) in [6, 6.07) is 0. The SMILES string of the molecule is CC(C)(C)OCC1(O)CC1. The molecule has 60 valence electrons. The molecule has 0 atom stereocenters. The van der Waals surface area contributed by atoms with Gasteiger partial charge >= 0.3 is 0 Å². The van der Waals surface area contributed by atoms with Gasteiger partial charge in [-0.15, -0.1) is 0 Å². The molecule has 1 rings (SSSR count). The predicted octanol–water partition coefficient (Wildman–Crippen LogP) is 1.33. The molecule has 0 aromatic heterocycles. The van der Waals surface area contributed by atoms with Gasteiger partial charge in [0, 0.05) is 0 Å². The highest BCUT2D eigenvalue weighted by Gasteiger charge is 2.41. The van der Waals surface area contributed by atoms with Crippen molar-refractivity contribution in [1.29, 1.82) is 0 Å². The molecule has 0 heterocycles. The standard InChI is InChI=1S/C8H16O2/c1-7(2,3)10-6-8(9)4-5-8/h9H,4-6H2,1-3H3. The number of rotatable bonds is 2. The fourth-order valence-electron chi connectivity index (χ4n) is 0.639. The summed E-state index contributed by atoms with van der Waals surface area (Å²) in [6.45, 7) is 6.49. The average molecular weight is 144 g/mol. The third-order valence-corrected chi connectivity index (χ3v) is 1.60. The van der Waals surface area contributed by atoms with Crippen molar-refractivity contribution in [3.8, 4) is 0 Å². The van der Waals surface area contributed by atoms with E-state index in [1.54, 1.807) is 0 Å². The molecule has 1 N–H and O–H groups in total. The molecule has 0 aromatic carbocycles. The lowest BCUT2D eigenvalue weighted by atomic mass is 10.2. The molecular formula is C8H16O2. The predicted molar refractivity (Wildman–Crippen MR) is 39.9 cm³/mol. The van der Waals surface area contributed by atoms with Gasteiger partial charge in [0.15, 0.2) is 0 Å². The lowest BCUT2D eigenvalue weighted by molar-refractivity contribution is -0.0582. The van der Waals surface area contributed by atoms with E-state index in [-0.39, 0.29) is 5.60 Å². The smallest absolute Gasteiger partial charge is 0.0882 e. The van der Waals surface area contributed by atoms with E-state index >= 15 is 0 Å². The Labute approximate surface area is 62.2 Å². The summed E-state index contributed by atoms with van der Waals surface area (Å²) in [5, 5.41) is 9.37. The van der Waals surface area contributed by atoms with Crippen molar-refractivity contribution in [2.45, 2.75) is 44.8 Å². The molecule has 0 radical (unpaired) electrons. The van der Waals surface area contributed by atoms with E-state index in [9.17, 15) is 5.11 Å². The van der Waals surface area contributed by atoms with Gasteiger partial charge in [-0.05, 0) is 33.6 Å². The van der Waals surface area contributed by atoms with Crippen molar-refractivity contribution in [3.05, 3.63) is 0 Å². The first-order valence-electron chi connectivity index (χ1n) is 3.78. The van der Waals surface area contributed by atoms with E-state index in [0.29, 0.717) is 6.61 Å². The zero-order chi connectivity index (χ0) is 7.83. The van der Waals surface area contributed by atoms with Gasteiger partial charge in [0.05, 0.1) is 17.8 Å². The van der Waals surface area contributed by atoms with Gasteiger partial charge in [-0.1, -0.05) is 0 Å². The molecule has 0 unspecified atom stereocenters. The molecule has 10 heavy (non-hydrogen) atoms. The highest BCUT2D eigenvalue weighted by Crippen LogP contribution is 2.35. The highest BCUT2D eigenvalue weighted by atomic mass is 16.5. The van der Waals surface area contributed by atoms with E-state index in [2.05, 4.69) is 0 Å². The molecule has 2 heteroatoms. The minimum absolute atomic E-state index is 0.113. The second-order valence-corrected chi connectivity index (χ2v) is 4.13. The van der Waals surface area contributed by atoms with Crippen LogP contribution in [0.15, 0.2) is 0 Å². The maximum absolute atomic E-state index is 9.37. The van der Waals surface area contributed by atoms with E-state index in [1.165, 1.54) is 0 Å². The fourth-order valence-corrected chi connectivity index (χ4v) is 0.639. The minimum Gasteiger partial charge on any atom is -0.387 e. The van der Waals surface area contributed by atoms with Crippen LogP contribution in [-0.2, 0) is 4.74 Å². The van der Waals surface area contributed by atoms with E-state index in [0.717, 1.165) is 12.8 Å². The molecule has 0 saturated heterocycles. The number of hydrogen-bond donors (Lipinski definition) is 1. The Kier molecular flexibility index (Phi) is 1.77. The van der Waals surface area contributed by atoms with E-state index in [1.807, 2.05) is 20.8 Å². The van der Waals surface area contributed by atoms with Crippen molar-refractivity contribution in [3.63, 3.8) is 0 Å². The summed E-state index contributed by atoms with van der Waals surface area (Å²) in [5.74, 6) is 0. The molecule has 0 spiro atoms. The molecule has 1 aliphatic rings. The average Bonchev–Trinajstić information content (AvgIpc) is 2.43. The molecule has 0 bridgehead atoms. The lowest BCUT2D eigenvalue weighted by Gasteiger charge is -2.21. The van der Waals surface area contributed by atoms with Crippen LogP contribution in [0.4, 0.5) is 0 Å². The minimum atomic E-state index is -0.465. The third kappa shape index (κ3) is 2.67. The largest absolute Gasteiger partial charge is 0.387 e. The maximum atomic E-state index is 9.37. The van der Waals surface area contributed by atoms with E-state index < -0.39 is 5.60 Å². The summed E-state index contributed by atoms with van der Waals surface area (Å²) < 4.78 is 5.41. The van der Waals surface area contributed by atoms with Gasteiger partial charge in [-0.3, -0.25) is 0 Å². The van der Waals surface area contributed by atoms with Gasteiger partial charge in [0.1, 0.15) is 0 Å². The number of ether oxygens (including phenoxy) is 1. The summed E-state index contributed by atoms with van der Waals surface area (Å²) in [6.07, 6.45) is 1.81. The molecule has 0 aromatic rings. The normalized spacial score (nSPS) is 22.8. The van der Waals surface area contributed by atoms with Crippen LogP contribution in [0.25, 0.3) is 0 Å². The van der Waals surface area contributed by atoms with Crippen molar-refractivity contribution >= 4 is 0 Å². The third-order valence-electron chi connectivity index (χ3n) is 1.60. The van der Waals surface area contributed by atoms with Gasteiger partial charge in [-0.25, -0.2) is 0 Å². The van der Waals surface area contributed by atoms with Crippen molar-refractivity contribution in [1.82, 2.24) is 0 Å². The van der Waals surface area contributed by atoms with Crippen molar-refractivity contribution < 1.29 is 9.84 Å². The maximum Gasteiger partial charge on any atom is 0.0882 e. The van der Waals surface area contributed by atoms with Crippen LogP contribution < -0.4 is 0 Å². The van der Waals surface area contributed by atoms with Crippen molar-refractivity contribution in [2.24, 2.45) is 0 Å². The molecule has 0 amide bonds. The first kappa shape index (κ1) is 8.02. The van der Waals surface area contributed by atoms with Crippen LogP contribution in [-0.4, -0.2) is 22.9 Å². The van der Waals surface area contributed by atoms with Gasteiger partial charge in [0.2, 0.25) is 0 Å².